The molecule has 4 heteroatoms. The third kappa shape index (κ3) is 3.97. The number of hydrogen-bond donors (Lipinski definition) is 1. The van der Waals surface area contributed by atoms with E-state index in [1.54, 1.807) is 4.68 Å². The highest BCUT2D eigenvalue weighted by atomic mass is 16.1. The first-order valence-electron chi connectivity index (χ1n) is 6.38. The Morgan fingerprint density at radius 2 is 2.24 bits per heavy atom. The summed E-state index contributed by atoms with van der Waals surface area (Å²) in [6.07, 6.45) is 4.16. The van der Waals surface area contributed by atoms with E-state index in [4.69, 9.17) is 5.73 Å². The van der Waals surface area contributed by atoms with Crippen LogP contribution in [0.3, 0.4) is 0 Å². The van der Waals surface area contributed by atoms with Crippen molar-refractivity contribution in [2.24, 2.45) is 12.8 Å². The second-order valence-corrected chi connectivity index (χ2v) is 4.50. The molecule has 0 fully saturated rings. The lowest BCUT2D eigenvalue weighted by molar-refractivity contribution is -0.119. The van der Waals surface area contributed by atoms with E-state index in [0.29, 0.717) is 6.42 Å². The molecule has 0 saturated carbocycles. The van der Waals surface area contributed by atoms with Gasteiger partial charge in [0.15, 0.2) is 5.78 Å². The first kappa shape index (κ1) is 13.9. The van der Waals surface area contributed by atoms with Crippen LogP contribution >= 0.6 is 0 Å². The van der Waals surface area contributed by atoms with Gasteiger partial charge in [-0.05, 0) is 18.9 Å². The number of carbonyl (C=O) groups excluding carboxylic acids is 1. The average molecular weight is 237 g/mol. The van der Waals surface area contributed by atoms with E-state index < -0.39 is 0 Å². The van der Waals surface area contributed by atoms with Gasteiger partial charge < -0.3 is 5.73 Å². The van der Waals surface area contributed by atoms with E-state index in [2.05, 4.69) is 18.9 Å². The molecule has 0 bridgehead atoms. The van der Waals surface area contributed by atoms with Gasteiger partial charge in [0.25, 0.3) is 0 Å². The number of Topliss-reactive ketones (excluding diaryl/α,β-unsaturated/α-hetero) is 1. The summed E-state index contributed by atoms with van der Waals surface area (Å²) in [5.74, 6) is 0.115. The SMILES string of the molecule is CCCCC(N)C(=O)Cc1cc(CC)nn1C. The molecule has 0 radical (unpaired) electrons. The molecule has 0 aliphatic carbocycles. The van der Waals surface area contributed by atoms with Crippen LogP contribution in [0.1, 0.15) is 44.5 Å². The highest BCUT2D eigenvalue weighted by Gasteiger charge is 2.15. The number of rotatable bonds is 7. The van der Waals surface area contributed by atoms with Crippen molar-refractivity contribution in [1.29, 1.82) is 0 Å². The summed E-state index contributed by atoms with van der Waals surface area (Å²) in [6, 6.07) is 1.67. The summed E-state index contributed by atoms with van der Waals surface area (Å²) in [5.41, 5.74) is 7.84. The number of aryl methyl sites for hydroxylation is 2. The Labute approximate surface area is 103 Å². The van der Waals surface area contributed by atoms with Crippen molar-refractivity contribution >= 4 is 5.78 Å². The van der Waals surface area contributed by atoms with Crippen LogP contribution in [0.2, 0.25) is 0 Å². The van der Waals surface area contributed by atoms with E-state index in [1.807, 2.05) is 13.1 Å². The maximum absolute atomic E-state index is 11.9. The van der Waals surface area contributed by atoms with Crippen molar-refractivity contribution in [3.63, 3.8) is 0 Å². The van der Waals surface area contributed by atoms with Gasteiger partial charge in [-0.15, -0.1) is 0 Å². The molecule has 0 amide bonds. The normalized spacial score (nSPS) is 12.7. The maximum Gasteiger partial charge on any atom is 0.155 e. The zero-order valence-corrected chi connectivity index (χ0v) is 11.1. The molecule has 4 nitrogen and oxygen atoms in total. The van der Waals surface area contributed by atoms with Crippen LogP contribution in [-0.4, -0.2) is 21.6 Å². The fourth-order valence-electron chi connectivity index (χ4n) is 1.80. The van der Waals surface area contributed by atoms with E-state index in [-0.39, 0.29) is 11.8 Å². The number of hydrogen-bond acceptors (Lipinski definition) is 3. The van der Waals surface area contributed by atoms with Gasteiger partial charge in [-0.3, -0.25) is 9.48 Å². The zero-order chi connectivity index (χ0) is 12.8. The Hall–Kier alpha value is -1.16. The molecule has 17 heavy (non-hydrogen) atoms. The summed E-state index contributed by atoms with van der Waals surface area (Å²) >= 11 is 0. The third-order valence-electron chi connectivity index (χ3n) is 3.03. The molecule has 0 aromatic carbocycles. The predicted molar refractivity (Wildman–Crippen MR) is 68.8 cm³/mol. The monoisotopic (exact) mass is 237 g/mol. The average Bonchev–Trinajstić information content (AvgIpc) is 2.67. The quantitative estimate of drug-likeness (QED) is 0.783. The molecule has 0 saturated heterocycles. The van der Waals surface area contributed by atoms with Crippen LogP contribution in [0, 0.1) is 0 Å². The molecule has 1 heterocycles. The molecule has 0 spiro atoms. The minimum absolute atomic E-state index is 0.115. The largest absolute Gasteiger partial charge is 0.321 e. The van der Waals surface area contributed by atoms with Gasteiger partial charge in [-0.25, -0.2) is 0 Å². The van der Waals surface area contributed by atoms with Crippen LogP contribution in [0.5, 0.6) is 0 Å². The van der Waals surface area contributed by atoms with Crippen LogP contribution in [0.4, 0.5) is 0 Å². The zero-order valence-electron chi connectivity index (χ0n) is 11.1. The Kier molecular flexibility index (Phi) is 5.35. The molecule has 1 unspecified atom stereocenters. The van der Waals surface area contributed by atoms with Crippen LogP contribution in [-0.2, 0) is 24.7 Å². The van der Waals surface area contributed by atoms with Crippen LogP contribution in [0.15, 0.2) is 6.07 Å². The molecule has 0 aliphatic rings. The van der Waals surface area contributed by atoms with E-state index >= 15 is 0 Å². The minimum Gasteiger partial charge on any atom is -0.321 e. The first-order chi connectivity index (χ1) is 8.08. The molecular weight excluding hydrogens is 214 g/mol. The summed E-state index contributed by atoms with van der Waals surface area (Å²) in [7, 11) is 1.87. The van der Waals surface area contributed by atoms with Crippen molar-refractivity contribution in [3.8, 4) is 0 Å². The van der Waals surface area contributed by atoms with Gasteiger partial charge in [-0.1, -0.05) is 26.7 Å². The van der Waals surface area contributed by atoms with Gasteiger partial charge in [0.05, 0.1) is 11.7 Å². The van der Waals surface area contributed by atoms with Gasteiger partial charge >= 0.3 is 0 Å². The lowest BCUT2D eigenvalue weighted by Gasteiger charge is -2.09. The van der Waals surface area contributed by atoms with E-state index in [0.717, 1.165) is 37.1 Å². The maximum atomic E-state index is 11.9. The summed E-state index contributed by atoms with van der Waals surface area (Å²) < 4.78 is 1.78. The number of aromatic nitrogens is 2. The number of ketones is 1. The number of nitrogens with zero attached hydrogens (tertiary/aromatic N) is 2. The number of unbranched alkanes of at least 4 members (excludes halogenated alkanes) is 1. The Balaban J connectivity index is 2.57. The first-order valence-corrected chi connectivity index (χ1v) is 6.38. The number of carbonyl (C=O) groups is 1. The molecule has 0 aliphatic heterocycles. The van der Waals surface area contributed by atoms with E-state index in [9.17, 15) is 4.79 Å². The van der Waals surface area contributed by atoms with Crippen molar-refractivity contribution in [2.75, 3.05) is 0 Å². The summed E-state index contributed by atoms with van der Waals surface area (Å²) in [5, 5.41) is 4.33. The smallest absolute Gasteiger partial charge is 0.155 e. The lowest BCUT2D eigenvalue weighted by atomic mass is 10.0. The second kappa shape index (κ2) is 6.55. The van der Waals surface area contributed by atoms with Crippen molar-refractivity contribution < 1.29 is 4.79 Å². The highest BCUT2D eigenvalue weighted by Crippen LogP contribution is 2.08. The standard InChI is InChI=1S/C13H23N3O/c1-4-6-7-12(14)13(17)9-11-8-10(5-2)15-16(11)3/h8,12H,4-7,9,14H2,1-3H3. The predicted octanol–water partition coefficient (Wildman–Crippen LogP) is 1.61. The van der Waals surface area contributed by atoms with Crippen molar-refractivity contribution in [3.05, 3.63) is 17.5 Å². The van der Waals surface area contributed by atoms with Gasteiger partial charge in [0, 0.05) is 19.2 Å². The van der Waals surface area contributed by atoms with Gasteiger partial charge in [0.2, 0.25) is 0 Å². The van der Waals surface area contributed by atoms with Gasteiger partial charge in [0.1, 0.15) is 0 Å². The second-order valence-electron chi connectivity index (χ2n) is 4.50. The van der Waals surface area contributed by atoms with E-state index in [1.165, 1.54) is 0 Å². The molecule has 1 atom stereocenters. The molecule has 1 aromatic rings. The van der Waals surface area contributed by atoms with Gasteiger partial charge in [-0.2, -0.15) is 5.10 Å². The van der Waals surface area contributed by atoms with Crippen molar-refractivity contribution in [2.45, 2.75) is 52.0 Å². The molecular formula is C13H23N3O. The van der Waals surface area contributed by atoms with Crippen LogP contribution < -0.4 is 5.73 Å². The Morgan fingerprint density at radius 3 is 2.76 bits per heavy atom. The lowest BCUT2D eigenvalue weighted by Crippen LogP contribution is -2.32. The molecule has 1 aromatic heterocycles. The van der Waals surface area contributed by atoms with Crippen LogP contribution in [0.25, 0.3) is 0 Å². The van der Waals surface area contributed by atoms with Crippen molar-refractivity contribution in [1.82, 2.24) is 9.78 Å². The Morgan fingerprint density at radius 1 is 1.53 bits per heavy atom. The molecule has 1 rings (SSSR count). The molecule has 96 valence electrons. The Bertz CT molecular complexity index is 371. The topological polar surface area (TPSA) is 60.9 Å². The molecule has 2 N–H and O–H groups in total. The highest BCUT2D eigenvalue weighted by molar-refractivity contribution is 5.85. The fourth-order valence-corrected chi connectivity index (χ4v) is 1.80. The number of nitrogens with two attached hydrogens (primary N) is 1. The fraction of sp³-hybridized carbons (Fsp3) is 0.692. The summed E-state index contributed by atoms with van der Waals surface area (Å²) in [4.78, 5) is 11.9. The summed E-state index contributed by atoms with van der Waals surface area (Å²) in [6.45, 7) is 4.16. The third-order valence-corrected chi connectivity index (χ3v) is 3.03. The minimum atomic E-state index is -0.324.